The van der Waals surface area contributed by atoms with E-state index >= 15 is 0 Å². The highest BCUT2D eigenvalue weighted by Gasteiger charge is 2.21. The first-order valence-electron chi connectivity index (χ1n) is 6.53. The molecule has 7 heteroatoms. The van der Waals surface area contributed by atoms with Gasteiger partial charge in [0.1, 0.15) is 5.69 Å². The van der Waals surface area contributed by atoms with E-state index in [0.29, 0.717) is 16.3 Å². The summed E-state index contributed by atoms with van der Waals surface area (Å²) in [6.45, 7) is 1.76. The predicted octanol–water partition coefficient (Wildman–Crippen LogP) is 2.38. The summed E-state index contributed by atoms with van der Waals surface area (Å²) in [5, 5.41) is 12.1. The number of carboxylic acids is 1. The molecular formula is C15H14ClN3O3. The van der Waals surface area contributed by atoms with E-state index in [2.05, 4.69) is 15.3 Å². The summed E-state index contributed by atoms with van der Waals surface area (Å²) in [4.78, 5) is 31.2. The van der Waals surface area contributed by atoms with Crippen molar-refractivity contribution >= 4 is 23.5 Å². The molecule has 0 spiro atoms. The van der Waals surface area contributed by atoms with E-state index in [1.165, 1.54) is 12.4 Å². The molecule has 0 fully saturated rings. The minimum atomic E-state index is -1.04. The number of carbonyl (C=O) groups excluding carboxylic acids is 1. The number of hydrogen-bond acceptors (Lipinski definition) is 4. The molecule has 1 amide bonds. The fourth-order valence-electron chi connectivity index (χ4n) is 1.91. The first kappa shape index (κ1) is 15.9. The van der Waals surface area contributed by atoms with Gasteiger partial charge in [-0.05, 0) is 18.6 Å². The predicted molar refractivity (Wildman–Crippen MR) is 80.7 cm³/mol. The molecule has 0 saturated heterocycles. The third-order valence-electron chi connectivity index (χ3n) is 2.98. The van der Waals surface area contributed by atoms with Crippen LogP contribution in [0.5, 0.6) is 0 Å². The van der Waals surface area contributed by atoms with Crippen molar-refractivity contribution < 1.29 is 14.7 Å². The number of aliphatic carboxylic acids is 1. The van der Waals surface area contributed by atoms with Gasteiger partial charge in [-0.1, -0.05) is 29.8 Å². The lowest BCUT2D eigenvalue weighted by Crippen LogP contribution is -2.31. The van der Waals surface area contributed by atoms with E-state index in [0.717, 1.165) is 0 Å². The van der Waals surface area contributed by atoms with E-state index < -0.39 is 17.9 Å². The summed E-state index contributed by atoms with van der Waals surface area (Å²) in [5.41, 5.74) is 1.35. The molecule has 6 nitrogen and oxygen atoms in total. The highest BCUT2D eigenvalue weighted by atomic mass is 35.5. The third-order valence-corrected chi connectivity index (χ3v) is 3.32. The zero-order valence-corrected chi connectivity index (χ0v) is 12.5. The zero-order valence-electron chi connectivity index (χ0n) is 11.8. The van der Waals surface area contributed by atoms with Gasteiger partial charge >= 0.3 is 5.97 Å². The van der Waals surface area contributed by atoms with Gasteiger partial charge in [-0.3, -0.25) is 14.6 Å². The molecule has 0 bridgehead atoms. The maximum atomic E-state index is 12.2. The van der Waals surface area contributed by atoms with Crippen molar-refractivity contribution in [2.45, 2.75) is 19.4 Å². The molecule has 1 aromatic heterocycles. The Balaban J connectivity index is 2.23. The van der Waals surface area contributed by atoms with Crippen molar-refractivity contribution in [2.24, 2.45) is 0 Å². The molecule has 0 aliphatic carbocycles. The fourth-order valence-corrected chi connectivity index (χ4v) is 2.18. The highest BCUT2D eigenvalue weighted by molar-refractivity contribution is 6.31. The molecule has 2 rings (SSSR count). The summed E-state index contributed by atoms with van der Waals surface area (Å²) in [6, 6.07) is 6.03. The number of carbonyl (C=O) groups is 2. The van der Waals surface area contributed by atoms with Crippen LogP contribution >= 0.6 is 11.6 Å². The molecule has 1 atom stereocenters. The van der Waals surface area contributed by atoms with Crippen molar-refractivity contribution in [2.75, 3.05) is 0 Å². The highest BCUT2D eigenvalue weighted by Crippen LogP contribution is 2.25. The van der Waals surface area contributed by atoms with Gasteiger partial charge in [-0.2, -0.15) is 0 Å². The first-order chi connectivity index (χ1) is 10.5. The van der Waals surface area contributed by atoms with Crippen LogP contribution in [0, 0.1) is 6.92 Å². The van der Waals surface area contributed by atoms with Crippen molar-refractivity contribution in [3.05, 3.63) is 58.6 Å². The number of hydrogen-bond donors (Lipinski definition) is 2. The van der Waals surface area contributed by atoms with Crippen LogP contribution in [-0.4, -0.2) is 27.0 Å². The Labute approximate surface area is 132 Å². The average molecular weight is 320 g/mol. The van der Waals surface area contributed by atoms with Crippen molar-refractivity contribution in [1.82, 2.24) is 15.3 Å². The number of amides is 1. The minimum Gasteiger partial charge on any atom is -0.481 e. The third kappa shape index (κ3) is 4.02. The number of aryl methyl sites for hydroxylation is 1. The normalized spacial score (nSPS) is 11.7. The number of aromatic nitrogens is 2. The molecule has 2 N–H and O–H groups in total. The number of benzene rings is 1. The van der Waals surface area contributed by atoms with Gasteiger partial charge in [0, 0.05) is 11.2 Å². The Hall–Kier alpha value is -2.47. The largest absolute Gasteiger partial charge is 0.481 e. The molecule has 0 radical (unpaired) electrons. The van der Waals surface area contributed by atoms with E-state index in [1.54, 1.807) is 31.2 Å². The SMILES string of the molecule is Cc1cnc(C(=O)NC(CC(=O)O)c2ccccc2Cl)cn1. The summed E-state index contributed by atoms with van der Waals surface area (Å²) in [7, 11) is 0. The Morgan fingerprint density at radius 1 is 1.27 bits per heavy atom. The molecular weight excluding hydrogens is 306 g/mol. The van der Waals surface area contributed by atoms with Crippen molar-refractivity contribution in [3.63, 3.8) is 0 Å². The first-order valence-corrected chi connectivity index (χ1v) is 6.91. The van der Waals surface area contributed by atoms with Crippen LogP contribution < -0.4 is 5.32 Å². The summed E-state index contributed by atoms with van der Waals surface area (Å²) in [5.74, 6) is -1.54. The smallest absolute Gasteiger partial charge is 0.305 e. The number of rotatable bonds is 5. The summed E-state index contributed by atoms with van der Waals surface area (Å²) < 4.78 is 0. The van der Waals surface area contributed by atoms with E-state index in [1.807, 2.05) is 0 Å². The summed E-state index contributed by atoms with van der Waals surface area (Å²) >= 11 is 6.08. The maximum Gasteiger partial charge on any atom is 0.305 e. The number of carboxylic acid groups (broad SMARTS) is 1. The Bertz CT molecular complexity index is 689. The van der Waals surface area contributed by atoms with Crippen LogP contribution in [-0.2, 0) is 4.79 Å². The Kier molecular flexibility index (Phi) is 5.06. The second-order valence-electron chi connectivity index (χ2n) is 4.69. The molecule has 114 valence electrons. The number of halogens is 1. The fraction of sp³-hybridized carbons (Fsp3) is 0.200. The van der Waals surface area contributed by atoms with Gasteiger partial charge in [-0.25, -0.2) is 4.98 Å². The van der Waals surface area contributed by atoms with Crippen LogP contribution in [0.4, 0.5) is 0 Å². The lowest BCUT2D eigenvalue weighted by atomic mass is 10.0. The van der Waals surface area contributed by atoms with E-state index in [-0.39, 0.29) is 12.1 Å². The molecule has 1 heterocycles. The molecule has 0 saturated carbocycles. The van der Waals surface area contributed by atoms with Crippen LogP contribution in [0.1, 0.15) is 34.2 Å². The van der Waals surface area contributed by atoms with Gasteiger partial charge in [0.05, 0.1) is 24.4 Å². The minimum absolute atomic E-state index is 0.119. The topological polar surface area (TPSA) is 92.2 Å². The van der Waals surface area contributed by atoms with Gasteiger partial charge in [0.25, 0.3) is 5.91 Å². The standard InChI is InChI=1S/C15H14ClN3O3/c1-9-7-18-13(8-17-9)15(22)19-12(6-14(20)21)10-4-2-3-5-11(10)16/h2-5,7-8,12H,6H2,1H3,(H,19,22)(H,20,21). The monoisotopic (exact) mass is 319 g/mol. The summed E-state index contributed by atoms with van der Waals surface area (Å²) in [6.07, 6.45) is 2.53. The lowest BCUT2D eigenvalue weighted by Gasteiger charge is -2.18. The van der Waals surface area contributed by atoms with Gasteiger partial charge in [0.15, 0.2) is 0 Å². The second kappa shape index (κ2) is 7.00. The van der Waals surface area contributed by atoms with Gasteiger partial charge in [0.2, 0.25) is 0 Å². The van der Waals surface area contributed by atoms with Crippen LogP contribution in [0.15, 0.2) is 36.7 Å². The molecule has 2 aromatic rings. The van der Waals surface area contributed by atoms with Crippen LogP contribution in [0.2, 0.25) is 5.02 Å². The molecule has 0 aliphatic rings. The molecule has 1 aromatic carbocycles. The molecule has 0 aliphatic heterocycles. The van der Waals surface area contributed by atoms with Crippen LogP contribution in [0.3, 0.4) is 0 Å². The maximum absolute atomic E-state index is 12.2. The quantitative estimate of drug-likeness (QED) is 0.882. The number of nitrogens with one attached hydrogen (secondary N) is 1. The zero-order chi connectivity index (χ0) is 16.1. The van der Waals surface area contributed by atoms with E-state index in [9.17, 15) is 9.59 Å². The van der Waals surface area contributed by atoms with Crippen LogP contribution in [0.25, 0.3) is 0 Å². The number of nitrogens with zero attached hydrogens (tertiary/aromatic N) is 2. The van der Waals surface area contributed by atoms with Crippen molar-refractivity contribution in [3.8, 4) is 0 Å². The van der Waals surface area contributed by atoms with Crippen molar-refractivity contribution in [1.29, 1.82) is 0 Å². The Morgan fingerprint density at radius 3 is 2.59 bits per heavy atom. The van der Waals surface area contributed by atoms with E-state index in [4.69, 9.17) is 16.7 Å². The molecule has 1 unspecified atom stereocenters. The second-order valence-corrected chi connectivity index (χ2v) is 5.10. The molecule has 22 heavy (non-hydrogen) atoms. The Morgan fingerprint density at radius 2 is 2.00 bits per heavy atom. The lowest BCUT2D eigenvalue weighted by molar-refractivity contribution is -0.137. The van der Waals surface area contributed by atoms with Gasteiger partial charge in [-0.15, -0.1) is 0 Å². The van der Waals surface area contributed by atoms with Gasteiger partial charge < -0.3 is 10.4 Å². The average Bonchev–Trinajstić information content (AvgIpc) is 2.47.